The van der Waals surface area contributed by atoms with E-state index in [2.05, 4.69) is 6.58 Å². The van der Waals surface area contributed by atoms with Crippen molar-refractivity contribution in [2.24, 2.45) is 0 Å². The fourth-order valence-electron chi connectivity index (χ4n) is 2.38. The SMILES string of the molecule is C=C[C@H](O)[C@@H]1OC(C)(C)O[C@H]1[C@H]1COC(C)(C)O1. The molecule has 0 radical (unpaired) electrons. The third kappa shape index (κ3) is 2.75. The van der Waals surface area contributed by atoms with Crippen molar-refractivity contribution in [2.75, 3.05) is 6.61 Å². The second-order valence-electron chi connectivity index (χ2n) is 5.66. The van der Waals surface area contributed by atoms with Gasteiger partial charge in [0.05, 0.1) is 6.61 Å². The average molecular weight is 258 g/mol. The third-order valence-corrected chi connectivity index (χ3v) is 3.14. The topological polar surface area (TPSA) is 57.2 Å². The summed E-state index contributed by atoms with van der Waals surface area (Å²) in [5.74, 6) is -1.36. The van der Waals surface area contributed by atoms with Crippen molar-refractivity contribution in [3.8, 4) is 0 Å². The van der Waals surface area contributed by atoms with E-state index < -0.39 is 23.8 Å². The summed E-state index contributed by atoms with van der Waals surface area (Å²) in [5.41, 5.74) is 0. The predicted octanol–water partition coefficient (Wildman–Crippen LogP) is 1.20. The Bertz CT molecular complexity index is 325. The van der Waals surface area contributed by atoms with Crippen molar-refractivity contribution in [1.82, 2.24) is 0 Å². The van der Waals surface area contributed by atoms with E-state index in [1.165, 1.54) is 6.08 Å². The maximum Gasteiger partial charge on any atom is 0.164 e. The molecule has 2 aliphatic heterocycles. The highest BCUT2D eigenvalue weighted by Crippen LogP contribution is 2.36. The number of hydrogen-bond donors (Lipinski definition) is 1. The molecule has 0 aliphatic carbocycles. The van der Waals surface area contributed by atoms with Gasteiger partial charge in [-0.3, -0.25) is 0 Å². The minimum absolute atomic E-state index is 0.249. The zero-order chi connectivity index (χ0) is 13.6. The van der Waals surface area contributed by atoms with Crippen LogP contribution in [-0.4, -0.2) is 47.7 Å². The van der Waals surface area contributed by atoms with E-state index in [0.29, 0.717) is 6.61 Å². The highest BCUT2D eigenvalue weighted by molar-refractivity contribution is 4.98. The van der Waals surface area contributed by atoms with Crippen LogP contribution < -0.4 is 0 Å². The molecule has 5 nitrogen and oxygen atoms in total. The van der Waals surface area contributed by atoms with E-state index in [1.54, 1.807) is 0 Å². The molecule has 104 valence electrons. The number of hydrogen-bond acceptors (Lipinski definition) is 5. The Hall–Kier alpha value is -0.460. The zero-order valence-corrected chi connectivity index (χ0v) is 11.4. The number of aliphatic hydroxyl groups excluding tert-OH is 1. The van der Waals surface area contributed by atoms with Gasteiger partial charge in [0.2, 0.25) is 0 Å². The zero-order valence-electron chi connectivity index (χ0n) is 11.4. The molecule has 18 heavy (non-hydrogen) atoms. The second kappa shape index (κ2) is 4.58. The smallest absolute Gasteiger partial charge is 0.164 e. The Morgan fingerprint density at radius 2 is 1.83 bits per heavy atom. The Balaban J connectivity index is 2.12. The first kappa shape index (κ1) is 14.0. The fourth-order valence-corrected chi connectivity index (χ4v) is 2.38. The van der Waals surface area contributed by atoms with E-state index in [9.17, 15) is 5.11 Å². The van der Waals surface area contributed by atoms with Crippen molar-refractivity contribution in [1.29, 1.82) is 0 Å². The highest BCUT2D eigenvalue weighted by Gasteiger charge is 2.51. The van der Waals surface area contributed by atoms with Gasteiger partial charge in [-0.25, -0.2) is 0 Å². The van der Waals surface area contributed by atoms with Crippen molar-refractivity contribution >= 4 is 0 Å². The first-order valence-corrected chi connectivity index (χ1v) is 6.22. The van der Waals surface area contributed by atoms with Crippen LogP contribution in [0.15, 0.2) is 12.7 Å². The maximum absolute atomic E-state index is 9.93. The van der Waals surface area contributed by atoms with Crippen LogP contribution in [0.25, 0.3) is 0 Å². The molecular weight excluding hydrogens is 236 g/mol. The van der Waals surface area contributed by atoms with Crippen LogP contribution in [0.5, 0.6) is 0 Å². The maximum atomic E-state index is 9.93. The molecule has 0 saturated carbocycles. The molecule has 2 heterocycles. The lowest BCUT2D eigenvalue weighted by atomic mass is 10.0. The van der Waals surface area contributed by atoms with Crippen LogP contribution in [-0.2, 0) is 18.9 Å². The monoisotopic (exact) mass is 258 g/mol. The van der Waals surface area contributed by atoms with Crippen LogP contribution in [0, 0.1) is 0 Å². The summed E-state index contributed by atoms with van der Waals surface area (Å²) in [6, 6.07) is 0. The molecule has 2 aliphatic rings. The largest absolute Gasteiger partial charge is 0.386 e. The average Bonchev–Trinajstić information content (AvgIpc) is 2.77. The molecule has 2 rings (SSSR count). The summed E-state index contributed by atoms with van der Waals surface area (Å²) in [6.07, 6.45) is -0.441. The molecule has 4 atom stereocenters. The lowest BCUT2D eigenvalue weighted by Crippen LogP contribution is -2.43. The molecule has 2 saturated heterocycles. The van der Waals surface area contributed by atoms with Gasteiger partial charge in [-0.1, -0.05) is 6.08 Å². The summed E-state index contributed by atoms with van der Waals surface area (Å²) in [5, 5.41) is 9.93. The van der Waals surface area contributed by atoms with E-state index in [1.807, 2.05) is 27.7 Å². The van der Waals surface area contributed by atoms with E-state index in [0.717, 1.165) is 0 Å². The quantitative estimate of drug-likeness (QED) is 0.771. The molecule has 0 aromatic heterocycles. The Morgan fingerprint density at radius 3 is 2.33 bits per heavy atom. The van der Waals surface area contributed by atoms with Gasteiger partial charge in [0, 0.05) is 0 Å². The van der Waals surface area contributed by atoms with Crippen LogP contribution in [0.1, 0.15) is 27.7 Å². The van der Waals surface area contributed by atoms with Crippen LogP contribution in [0.3, 0.4) is 0 Å². The van der Waals surface area contributed by atoms with E-state index >= 15 is 0 Å². The molecule has 0 bridgehead atoms. The molecule has 0 aromatic carbocycles. The highest BCUT2D eigenvalue weighted by atomic mass is 16.8. The summed E-state index contributed by atoms with van der Waals surface area (Å²) in [6.45, 7) is 11.4. The number of aliphatic hydroxyl groups is 1. The van der Waals surface area contributed by atoms with E-state index in [4.69, 9.17) is 18.9 Å². The molecule has 1 N–H and O–H groups in total. The summed E-state index contributed by atoms with van der Waals surface area (Å²) < 4.78 is 22.9. The number of rotatable bonds is 3. The predicted molar refractivity (Wildman–Crippen MR) is 64.9 cm³/mol. The lowest BCUT2D eigenvalue weighted by Gasteiger charge is -2.25. The molecule has 5 heteroatoms. The summed E-state index contributed by atoms with van der Waals surface area (Å²) in [7, 11) is 0. The first-order valence-electron chi connectivity index (χ1n) is 6.22. The van der Waals surface area contributed by atoms with Gasteiger partial charge >= 0.3 is 0 Å². The van der Waals surface area contributed by atoms with Crippen molar-refractivity contribution in [3.63, 3.8) is 0 Å². The second-order valence-corrected chi connectivity index (χ2v) is 5.66. The van der Waals surface area contributed by atoms with Gasteiger partial charge in [0.1, 0.15) is 24.4 Å². The normalized spacial score (nSPS) is 39.7. The third-order valence-electron chi connectivity index (χ3n) is 3.14. The molecular formula is C13H22O5. The van der Waals surface area contributed by atoms with Gasteiger partial charge in [0.15, 0.2) is 11.6 Å². The van der Waals surface area contributed by atoms with Gasteiger partial charge in [0.25, 0.3) is 0 Å². The molecule has 0 amide bonds. The lowest BCUT2D eigenvalue weighted by molar-refractivity contribution is -0.175. The van der Waals surface area contributed by atoms with E-state index in [-0.39, 0.29) is 12.2 Å². The Morgan fingerprint density at radius 1 is 1.17 bits per heavy atom. The van der Waals surface area contributed by atoms with Gasteiger partial charge < -0.3 is 24.1 Å². The number of ether oxygens (including phenoxy) is 4. The van der Waals surface area contributed by atoms with Crippen LogP contribution in [0.2, 0.25) is 0 Å². The fraction of sp³-hybridized carbons (Fsp3) is 0.846. The molecule has 0 unspecified atom stereocenters. The summed E-state index contributed by atoms with van der Waals surface area (Å²) >= 11 is 0. The minimum Gasteiger partial charge on any atom is -0.386 e. The first-order chi connectivity index (χ1) is 8.24. The standard InChI is InChI=1S/C13H22O5/c1-6-8(14)10-11(18-13(4,5)17-10)9-7-15-12(2,3)16-9/h6,8-11,14H,1,7H2,2-5H3/t8-,9+,10-,11-/m0/s1. The van der Waals surface area contributed by atoms with Crippen LogP contribution >= 0.6 is 0 Å². The summed E-state index contributed by atoms with van der Waals surface area (Å²) in [4.78, 5) is 0. The Labute approximate surface area is 108 Å². The molecule has 0 aromatic rings. The van der Waals surface area contributed by atoms with Gasteiger partial charge in [-0.05, 0) is 27.7 Å². The minimum atomic E-state index is -0.788. The van der Waals surface area contributed by atoms with Crippen LogP contribution in [0.4, 0.5) is 0 Å². The Kier molecular flexibility index (Phi) is 3.55. The van der Waals surface area contributed by atoms with Gasteiger partial charge in [-0.2, -0.15) is 0 Å². The van der Waals surface area contributed by atoms with Crippen molar-refractivity contribution < 1.29 is 24.1 Å². The van der Waals surface area contributed by atoms with Gasteiger partial charge in [-0.15, -0.1) is 6.58 Å². The molecule has 2 fully saturated rings. The van der Waals surface area contributed by atoms with Crippen molar-refractivity contribution in [2.45, 2.75) is 63.7 Å². The van der Waals surface area contributed by atoms with Crippen molar-refractivity contribution in [3.05, 3.63) is 12.7 Å². The molecule has 0 spiro atoms.